The Bertz CT molecular complexity index is 219. The van der Waals surface area contributed by atoms with Gasteiger partial charge in [0.25, 0.3) is 0 Å². The normalized spacial score (nSPS) is 13.2. The highest BCUT2D eigenvalue weighted by atomic mass is 16.2. The molecule has 1 unspecified atom stereocenters. The molecule has 0 aliphatic heterocycles. The lowest BCUT2D eigenvalue weighted by atomic mass is 10.1. The molecule has 1 atom stereocenters. The van der Waals surface area contributed by atoms with Crippen LogP contribution in [0.25, 0.3) is 0 Å². The van der Waals surface area contributed by atoms with Gasteiger partial charge in [-0.2, -0.15) is 0 Å². The van der Waals surface area contributed by atoms with Crippen molar-refractivity contribution in [3.63, 3.8) is 0 Å². The average Bonchev–Trinajstić information content (AvgIpc) is 1.99. The molecule has 82 valence electrons. The van der Waals surface area contributed by atoms with Gasteiger partial charge in [0.2, 0.25) is 0 Å². The van der Waals surface area contributed by atoms with Crippen molar-refractivity contribution in [1.29, 1.82) is 0 Å². The van der Waals surface area contributed by atoms with Crippen LogP contribution >= 0.6 is 0 Å². The fraction of sp³-hybridized carbons (Fsp3) is 0.800. The van der Waals surface area contributed by atoms with E-state index in [9.17, 15) is 9.59 Å². The minimum Gasteiger partial charge on any atom is -0.334 e. The predicted octanol–water partition coefficient (Wildman–Crippen LogP) is 1.45. The molecule has 0 saturated carbocycles. The third-order valence-corrected chi connectivity index (χ3v) is 1.67. The van der Waals surface area contributed by atoms with Gasteiger partial charge >= 0.3 is 6.03 Å². The highest BCUT2D eigenvalue weighted by Gasteiger charge is 2.17. The zero-order valence-corrected chi connectivity index (χ0v) is 9.60. The smallest absolute Gasteiger partial charge is 0.315 e. The molecule has 0 rings (SSSR count). The number of rotatable bonds is 3. The van der Waals surface area contributed by atoms with Gasteiger partial charge in [-0.15, -0.1) is 0 Å². The van der Waals surface area contributed by atoms with Crippen LogP contribution in [0.15, 0.2) is 0 Å². The Hall–Kier alpha value is -1.06. The second-order valence-electron chi connectivity index (χ2n) is 4.39. The van der Waals surface area contributed by atoms with Crippen LogP contribution in [0.2, 0.25) is 0 Å². The molecule has 4 nitrogen and oxygen atoms in total. The van der Waals surface area contributed by atoms with Crippen LogP contribution in [0.4, 0.5) is 4.79 Å². The lowest BCUT2D eigenvalue weighted by molar-refractivity contribution is -0.120. The third kappa shape index (κ3) is 5.56. The summed E-state index contributed by atoms with van der Waals surface area (Å²) in [7, 11) is 0. The van der Waals surface area contributed by atoms with Gasteiger partial charge in [-0.1, -0.05) is 6.92 Å². The maximum Gasteiger partial charge on any atom is 0.315 e. The Morgan fingerprint density at radius 2 is 1.79 bits per heavy atom. The van der Waals surface area contributed by atoms with Crippen LogP contribution in [-0.2, 0) is 4.79 Å². The summed E-state index contributed by atoms with van der Waals surface area (Å²) < 4.78 is 0. The number of urea groups is 1. The summed E-state index contributed by atoms with van der Waals surface area (Å²) in [4.78, 5) is 22.5. The van der Waals surface area contributed by atoms with E-state index >= 15 is 0 Å². The van der Waals surface area contributed by atoms with E-state index in [0.717, 1.165) is 0 Å². The van der Waals surface area contributed by atoms with Gasteiger partial charge in [-0.25, -0.2) is 4.79 Å². The Labute approximate surface area is 85.4 Å². The first-order chi connectivity index (χ1) is 6.26. The van der Waals surface area contributed by atoms with E-state index in [-0.39, 0.29) is 17.4 Å². The summed E-state index contributed by atoms with van der Waals surface area (Å²) in [6.45, 7) is 9.13. The van der Waals surface area contributed by atoms with Crippen molar-refractivity contribution in [3.8, 4) is 0 Å². The zero-order chi connectivity index (χ0) is 11.4. The van der Waals surface area contributed by atoms with Crippen LogP contribution in [-0.4, -0.2) is 23.4 Å². The number of amides is 2. The number of carbonyl (C=O) groups excluding carboxylic acids is 2. The Kier molecular flexibility index (Phi) is 4.60. The molecule has 0 heterocycles. The van der Waals surface area contributed by atoms with Gasteiger partial charge in [0.1, 0.15) is 0 Å². The molecule has 0 aromatic carbocycles. The molecule has 0 aliphatic carbocycles. The van der Waals surface area contributed by atoms with Gasteiger partial charge in [0.15, 0.2) is 5.78 Å². The molecule has 2 amide bonds. The van der Waals surface area contributed by atoms with Gasteiger partial charge in [0, 0.05) is 12.0 Å². The maximum atomic E-state index is 11.3. The van der Waals surface area contributed by atoms with Crippen LogP contribution in [0, 0.1) is 0 Å². The topological polar surface area (TPSA) is 58.2 Å². The van der Waals surface area contributed by atoms with Gasteiger partial charge in [-0.3, -0.25) is 4.79 Å². The second kappa shape index (κ2) is 4.98. The number of Topliss-reactive ketones (excluding diaryl/α,β-unsaturated/α-hetero) is 1. The summed E-state index contributed by atoms with van der Waals surface area (Å²) >= 11 is 0. The molecular weight excluding hydrogens is 180 g/mol. The van der Waals surface area contributed by atoms with Crippen molar-refractivity contribution >= 4 is 11.8 Å². The molecule has 14 heavy (non-hydrogen) atoms. The van der Waals surface area contributed by atoms with Gasteiger partial charge < -0.3 is 10.6 Å². The molecule has 2 N–H and O–H groups in total. The first kappa shape index (κ1) is 12.9. The molecule has 0 aromatic rings. The molecule has 0 bridgehead atoms. The second-order valence-corrected chi connectivity index (χ2v) is 4.39. The van der Waals surface area contributed by atoms with Crippen LogP contribution < -0.4 is 10.6 Å². The van der Waals surface area contributed by atoms with Crippen LogP contribution in [0.1, 0.15) is 41.0 Å². The number of nitrogens with one attached hydrogen (secondary N) is 2. The molecule has 0 aromatic heterocycles. The number of hydrogen-bond acceptors (Lipinski definition) is 2. The van der Waals surface area contributed by atoms with E-state index in [2.05, 4.69) is 10.6 Å². The van der Waals surface area contributed by atoms with Gasteiger partial charge in [0.05, 0.1) is 6.04 Å². The first-order valence-electron chi connectivity index (χ1n) is 4.87. The molecular formula is C10H20N2O2. The van der Waals surface area contributed by atoms with Crippen molar-refractivity contribution in [1.82, 2.24) is 10.6 Å². The summed E-state index contributed by atoms with van der Waals surface area (Å²) in [6, 6.07) is -0.714. The number of ketones is 1. The average molecular weight is 200 g/mol. The highest BCUT2D eigenvalue weighted by Crippen LogP contribution is 1.98. The van der Waals surface area contributed by atoms with E-state index < -0.39 is 6.04 Å². The lowest BCUT2D eigenvalue weighted by Gasteiger charge is -2.22. The SMILES string of the molecule is CCC(=O)C(C)NC(=O)NC(C)(C)C. The quantitative estimate of drug-likeness (QED) is 0.724. The summed E-state index contributed by atoms with van der Waals surface area (Å²) in [5.41, 5.74) is -0.279. The zero-order valence-electron chi connectivity index (χ0n) is 9.60. The molecule has 0 aliphatic rings. The van der Waals surface area contributed by atoms with E-state index in [0.29, 0.717) is 6.42 Å². The summed E-state index contributed by atoms with van der Waals surface area (Å²) in [6.07, 6.45) is 0.441. The van der Waals surface area contributed by atoms with Crippen molar-refractivity contribution in [2.75, 3.05) is 0 Å². The van der Waals surface area contributed by atoms with Crippen LogP contribution in [0.3, 0.4) is 0 Å². The molecule has 0 spiro atoms. The highest BCUT2D eigenvalue weighted by molar-refractivity contribution is 5.88. The molecule has 0 saturated heterocycles. The summed E-state index contributed by atoms with van der Waals surface area (Å²) in [5.74, 6) is 0.0362. The Balaban J connectivity index is 4.01. The number of hydrogen-bond donors (Lipinski definition) is 2. The van der Waals surface area contributed by atoms with Gasteiger partial charge in [-0.05, 0) is 27.7 Å². The minimum atomic E-state index is -0.414. The Morgan fingerprint density at radius 1 is 1.29 bits per heavy atom. The van der Waals surface area contributed by atoms with Crippen molar-refractivity contribution in [2.45, 2.75) is 52.6 Å². The number of carbonyl (C=O) groups is 2. The van der Waals surface area contributed by atoms with Crippen molar-refractivity contribution < 1.29 is 9.59 Å². The summed E-state index contributed by atoms with van der Waals surface area (Å²) in [5, 5.41) is 5.31. The fourth-order valence-corrected chi connectivity index (χ4v) is 0.960. The molecule has 4 heteroatoms. The molecule has 0 fully saturated rings. The molecule has 0 radical (unpaired) electrons. The predicted molar refractivity (Wildman–Crippen MR) is 56.2 cm³/mol. The standard InChI is InChI=1S/C10H20N2O2/c1-6-8(13)7(2)11-9(14)12-10(3,4)5/h7H,6H2,1-5H3,(H2,11,12,14). The monoisotopic (exact) mass is 200 g/mol. The van der Waals surface area contributed by atoms with E-state index in [4.69, 9.17) is 0 Å². The fourth-order valence-electron chi connectivity index (χ4n) is 0.960. The minimum absolute atomic E-state index is 0.0362. The van der Waals surface area contributed by atoms with Crippen molar-refractivity contribution in [3.05, 3.63) is 0 Å². The maximum absolute atomic E-state index is 11.3. The van der Waals surface area contributed by atoms with E-state index in [1.54, 1.807) is 13.8 Å². The largest absolute Gasteiger partial charge is 0.334 e. The first-order valence-corrected chi connectivity index (χ1v) is 4.87. The van der Waals surface area contributed by atoms with E-state index in [1.165, 1.54) is 0 Å². The van der Waals surface area contributed by atoms with Crippen molar-refractivity contribution in [2.24, 2.45) is 0 Å². The van der Waals surface area contributed by atoms with E-state index in [1.807, 2.05) is 20.8 Å². The Morgan fingerprint density at radius 3 is 2.14 bits per heavy atom. The lowest BCUT2D eigenvalue weighted by Crippen LogP contribution is -2.50. The third-order valence-electron chi connectivity index (χ3n) is 1.67. The van der Waals surface area contributed by atoms with Crippen LogP contribution in [0.5, 0.6) is 0 Å².